The number of aliphatic hydroxyl groups is 1. The van der Waals surface area contributed by atoms with Gasteiger partial charge in [0, 0.05) is 6.54 Å². The maximum atomic E-state index is 12.1. The van der Waals surface area contributed by atoms with Crippen molar-refractivity contribution in [2.24, 2.45) is 0 Å². The van der Waals surface area contributed by atoms with Gasteiger partial charge in [0.2, 0.25) is 5.91 Å². The van der Waals surface area contributed by atoms with Crippen LogP contribution in [0.4, 0.5) is 8.78 Å². The molecule has 4 nitrogen and oxygen atoms in total. The number of halogens is 2. The van der Waals surface area contributed by atoms with E-state index in [1.54, 1.807) is 13.8 Å². The number of amides is 1. The fraction of sp³-hybridized carbons (Fsp3) is 0.889. The number of carbonyl (C=O) groups is 1. The molecule has 1 amide bonds. The van der Waals surface area contributed by atoms with E-state index in [4.69, 9.17) is 9.84 Å². The predicted octanol–water partition coefficient (Wildman–Crippen LogP) is 0.497. The summed E-state index contributed by atoms with van der Waals surface area (Å²) in [5, 5.41) is 8.60. The van der Waals surface area contributed by atoms with Crippen molar-refractivity contribution in [3.63, 3.8) is 0 Å². The number of alkyl halides is 2. The first kappa shape index (κ1) is 14.2. The van der Waals surface area contributed by atoms with Gasteiger partial charge in [-0.2, -0.15) is 0 Å². The van der Waals surface area contributed by atoms with E-state index in [1.165, 1.54) is 0 Å². The zero-order valence-corrected chi connectivity index (χ0v) is 8.95. The number of hydrogen-bond acceptors (Lipinski definition) is 3. The molecule has 0 spiro atoms. The first-order valence-electron chi connectivity index (χ1n) is 4.75. The number of nitrogens with zero attached hydrogens (tertiary/aromatic N) is 1. The van der Waals surface area contributed by atoms with Gasteiger partial charge in [0.15, 0.2) is 0 Å². The number of carbonyl (C=O) groups excluding carboxylic acids is 1. The third kappa shape index (κ3) is 7.21. The van der Waals surface area contributed by atoms with Gasteiger partial charge in [0.1, 0.15) is 6.61 Å². The lowest BCUT2D eigenvalue weighted by Crippen LogP contribution is -2.39. The second kappa shape index (κ2) is 7.53. The van der Waals surface area contributed by atoms with E-state index >= 15 is 0 Å². The maximum absolute atomic E-state index is 12.1. The summed E-state index contributed by atoms with van der Waals surface area (Å²) in [5.41, 5.74) is 0. The third-order valence-electron chi connectivity index (χ3n) is 1.62. The van der Waals surface area contributed by atoms with Gasteiger partial charge < -0.3 is 14.7 Å². The predicted molar refractivity (Wildman–Crippen MR) is 50.8 cm³/mol. The highest BCUT2D eigenvalue weighted by Crippen LogP contribution is 2.00. The monoisotopic (exact) mass is 225 g/mol. The summed E-state index contributed by atoms with van der Waals surface area (Å²) in [4.78, 5) is 12.2. The Labute approximate surface area is 87.8 Å². The van der Waals surface area contributed by atoms with Crippen molar-refractivity contribution < 1.29 is 23.4 Å². The molecule has 0 aromatic carbocycles. The minimum Gasteiger partial charge on any atom is -0.395 e. The summed E-state index contributed by atoms with van der Waals surface area (Å²) >= 11 is 0. The van der Waals surface area contributed by atoms with Crippen molar-refractivity contribution in [3.8, 4) is 0 Å². The zero-order valence-electron chi connectivity index (χ0n) is 8.95. The summed E-state index contributed by atoms with van der Waals surface area (Å²) in [6, 6.07) is 0. The molecule has 0 saturated carbocycles. The van der Waals surface area contributed by atoms with Crippen LogP contribution < -0.4 is 0 Å². The third-order valence-corrected chi connectivity index (χ3v) is 1.62. The normalized spacial score (nSPS) is 11.1. The van der Waals surface area contributed by atoms with Crippen molar-refractivity contribution >= 4 is 5.91 Å². The minimum atomic E-state index is -2.60. The van der Waals surface area contributed by atoms with Gasteiger partial charge in [-0.05, 0) is 13.8 Å². The maximum Gasteiger partial charge on any atom is 0.255 e. The Hall–Kier alpha value is -0.750. The molecular formula is C9H17F2NO3. The lowest BCUT2D eigenvalue weighted by Gasteiger charge is -2.21. The van der Waals surface area contributed by atoms with Crippen molar-refractivity contribution in [2.75, 3.05) is 26.3 Å². The van der Waals surface area contributed by atoms with E-state index in [9.17, 15) is 13.6 Å². The second-order valence-corrected chi connectivity index (χ2v) is 3.31. The standard InChI is InChI=1S/C9H17F2NO3/c1-7(2)15-6-9(14)12(3-4-13)5-8(10)11/h7-8,13H,3-6H2,1-2H3. The highest BCUT2D eigenvalue weighted by atomic mass is 19.3. The Morgan fingerprint density at radius 1 is 1.47 bits per heavy atom. The van der Waals surface area contributed by atoms with Gasteiger partial charge in [0.05, 0.1) is 19.3 Å². The van der Waals surface area contributed by atoms with E-state index in [-0.39, 0.29) is 25.9 Å². The van der Waals surface area contributed by atoms with Crippen molar-refractivity contribution in [1.82, 2.24) is 4.90 Å². The Bertz CT molecular complexity index is 188. The van der Waals surface area contributed by atoms with Crippen LogP contribution >= 0.6 is 0 Å². The Morgan fingerprint density at radius 2 is 2.07 bits per heavy atom. The van der Waals surface area contributed by atoms with Crippen LogP contribution in [0.25, 0.3) is 0 Å². The molecule has 0 rings (SSSR count). The van der Waals surface area contributed by atoms with Crippen LogP contribution in [-0.2, 0) is 9.53 Å². The van der Waals surface area contributed by atoms with Crippen LogP contribution in [0, 0.1) is 0 Å². The van der Waals surface area contributed by atoms with Crippen molar-refractivity contribution in [2.45, 2.75) is 26.4 Å². The van der Waals surface area contributed by atoms with Crippen LogP contribution in [0.5, 0.6) is 0 Å². The van der Waals surface area contributed by atoms with Crippen LogP contribution in [0.1, 0.15) is 13.8 Å². The second-order valence-electron chi connectivity index (χ2n) is 3.31. The summed E-state index contributed by atoms with van der Waals surface area (Å²) in [6.45, 7) is 2.17. The molecule has 0 aliphatic carbocycles. The van der Waals surface area contributed by atoms with E-state index in [1.807, 2.05) is 0 Å². The molecule has 0 aliphatic heterocycles. The molecule has 0 unspecified atom stereocenters. The largest absolute Gasteiger partial charge is 0.395 e. The van der Waals surface area contributed by atoms with Gasteiger partial charge in [-0.1, -0.05) is 0 Å². The minimum absolute atomic E-state index is 0.0926. The topological polar surface area (TPSA) is 49.8 Å². The van der Waals surface area contributed by atoms with Gasteiger partial charge >= 0.3 is 0 Å². The molecule has 0 aromatic rings. The molecule has 0 atom stereocenters. The molecule has 0 bridgehead atoms. The zero-order chi connectivity index (χ0) is 11.8. The Morgan fingerprint density at radius 3 is 2.47 bits per heavy atom. The Kier molecular flexibility index (Phi) is 7.15. The van der Waals surface area contributed by atoms with E-state index in [2.05, 4.69) is 0 Å². The molecule has 0 radical (unpaired) electrons. The quantitative estimate of drug-likeness (QED) is 0.686. The lowest BCUT2D eigenvalue weighted by atomic mass is 10.4. The SMILES string of the molecule is CC(C)OCC(=O)N(CCO)CC(F)F. The van der Waals surface area contributed by atoms with Gasteiger partial charge in [0.25, 0.3) is 6.43 Å². The number of ether oxygens (including phenoxy) is 1. The van der Waals surface area contributed by atoms with E-state index in [0.717, 1.165) is 4.90 Å². The summed E-state index contributed by atoms with van der Waals surface area (Å²) in [6.07, 6.45) is -2.73. The highest BCUT2D eigenvalue weighted by Gasteiger charge is 2.17. The number of hydrogen-bond donors (Lipinski definition) is 1. The van der Waals surface area contributed by atoms with Crippen LogP contribution in [0.3, 0.4) is 0 Å². The number of rotatable bonds is 7. The summed E-state index contributed by atoms with van der Waals surface area (Å²) < 4.78 is 29.1. The molecule has 0 saturated heterocycles. The lowest BCUT2D eigenvalue weighted by molar-refractivity contribution is -0.140. The first-order chi connectivity index (χ1) is 6.97. The van der Waals surface area contributed by atoms with Crippen molar-refractivity contribution in [1.29, 1.82) is 0 Å². The summed E-state index contributed by atoms with van der Waals surface area (Å²) in [5.74, 6) is -0.530. The molecule has 15 heavy (non-hydrogen) atoms. The smallest absolute Gasteiger partial charge is 0.255 e. The average Bonchev–Trinajstić information content (AvgIpc) is 2.12. The van der Waals surface area contributed by atoms with E-state index < -0.39 is 18.9 Å². The van der Waals surface area contributed by atoms with Gasteiger partial charge in [-0.25, -0.2) is 8.78 Å². The van der Waals surface area contributed by atoms with Crippen molar-refractivity contribution in [3.05, 3.63) is 0 Å². The summed E-state index contributed by atoms with van der Waals surface area (Å²) in [7, 11) is 0. The van der Waals surface area contributed by atoms with Crippen LogP contribution in [0.15, 0.2) is 0 Å². The van der Waals surface area contributed by atoms with Gasteiger partial charge in [-0.15, -0.1) is 0 Å². The molecule has 0 aliphatic rings. The van der Waals surface area contributed by atoms with Gasteiger partial charge in [-0.3, -0.25) is 4.79 Å². The average molecular weight is 225 g/mol. The van der Waals surface area contributed by atoms with E-state index in [0.29, 0.717) is 0 Å². The van der Waals surface area contributed by atoms with Crippen LogP contribution in [-0.4, -0.2) is 54.7 Å². The molecule has 90 valence electrons. The fourth-order valence-electron chi connectivity index (χ4n) is 0.934. The Balaban J connectivity index is 4.04. The first-order valence-corrected chi connectivity index (χ1v) is 4.75. The highest BCUT2D eigenvalue weighted by molar-refractivity contribution is 5.77. The molecule has 6 heteroatoms. The van der Waals surface area contributed by atoms with Crippen LogP contribution in [0.2, 0.25) is 0 Å². The molecule has 0 heterocycles. The number of aliphatic hydroxyl groups excluding tert-OH is 1. The fourth-order valence-corrected chi connectivity index (χ4v) is 0.934. The molecule has 0 aromatic heterocycles. The molecular weight excluding hydrogens is 208 g/mol. The molecule has 1 N–H and O–H groups in total. The molecule has 0 fully saturated rings.